The molecule has 0 aromatic rings. The van der Waals surface area contributed by atoms with Gasteiger partial charge in [-0.05, 0) is 25.7 Å². The number of hydrogen-bond donors (Lipinski definition) is 1. The van der Waals surface area contributed by atoms with Crippen molar-refractivity contribution in [3.05, 3.63) is 0 Å². The third-order valence-corrected chi connectivity index (χ3v) is 6.18. The van der Waals surface area contributed by atoms with Gasteiger partial charge in [0.1, 0.15) is 5.54 Å². The minimum absolute atomic E-state index is 0. The van der Waals surface area contributed by atoms with Crippen LogP contribution >= 0.6 is 12.4 Å². The number of ether oxygens (including phenoxy) is 1. The van der Waals surface area contributed by atoms with Gasteiger partial charge in [0, 0.05) is 31.0 Å². The van der Waals surface area contributed by atoms with Gasteiger partial charge in [0.25, 0.3) is 0 Å². The topological polar surface area (TPSA) is 55.6 Å². The zero-order valence-electron chi connectivity index (χ0n) is 14.0. The Balaban J connectivity index is 0.00000176. The molecule has 0 aromatic carbocycles. The molecule has 2 N–H and O–H groups in total. The maximum absolute atomic E-state index is 13.2. The van der Waals surface area contributed by atoms with Gasteiger partial charge in [0.05, 0.1) is 6.10 Å². The van der Waals surface area contributed by atoms with Gasteiger partial charge in [0.15, 0.2) is 0 Å². The third-order valence-electron chi connectivity index (χ3n) is 6.18. The summed E-state index contributed by atoms with van der Waals surface area (Å²) in [6.07, 6.45) is 8.24. The van der Waals surface area contributed by atoms with E-state index >= 15 is 0 Å². The van der Waals surface area contributed by atoms with E-state index < -0.39 is 5.54 Å². The molecule has 3 aliphatic rings. The van der Waals surface area contributed by atoms with Crippen LogP contribution in [0.25, 0.3) is 0 Å². The average molecular weight is 331 g/mol. The van der Waals surface area contributed by atoms with E-state index in [1.807, 2.05) is 4.90 Å². The fraction of sp³-hybridized carbons (Fsp3) is 0.941. The summed E-state index contributed by atoms with van der Waals surface area (Å²) in [4.78, 5) is 15.2. The highest BCUT2D eigenvalue weighted by molar-refractivity contribution is 5.89. The Hall–Kier alpha value is -0.320. The summed E-state index contributed by atoms with van der Waals surface area (Å²) in [5.41, 5.74) is 5.75. The van der Waals surface area contributed by atoms with E-state index in [1.165, 1.54) is 19.3 Å². The largest absolute Gasteiger partial charge is 0.377 e. The lowest BCUT2D eigenvalue weighted by molar-refractivity contribution is -0.230. The van der Waals surface area contributed by atoms with E-state index in [-0.39, 0.29) is 35.8 Å². The fourth-order valence-electron chi connectivity index (χ4n) is 4.72. The van der Waals surface area contributed by atoms with Crippen LogP contribution < -0.4 is 5.73 Å². The first-order chi connectivity index (χ1) is 9.99. The van der Waals surface area contributed by atoms with Crippen LogP contribution in [0.4, 0.5) is 0 Å². The number of carbonyl (C=O) groups excluding carboxylic acids is 1. The number of rotatable bonds is 1. The summed E-state index contributed by atoms with van der Waals surface area (Å²) in [5, 5.41) is 0. The lowest BCUT2D eigenvalue weighted by Gasteiger charge is -2.65. The third kappa shape index (κ3) is 2.57. The molecule has 0 spiro atoms. The second kappa shape index (κ2) is 6.66. The van der Waals surface area contributed by atoms with Gasteiger partial charge in [-0.25, -0.2) is 0 Å². The summed E-state index contributed by atoms with van der Waals surface area (Å²) in [6, 6.07) is 0. The molecular weight excluding hydrogens is 300 g/mol. The minimum atomic E-state index is -0.725. The molecule has 5 heteroatoms. The predicted molar refractivity (Wildman–Crippen MR) is 90.1 cm³/mol. The van der Waals surface area contributed by atoms with Crippen molar-refractivity contribution in [2.45, 2.75) is 70.4 Å². The molecule has 3 atom stereocenters. The highest BCUT2D eigenvalue weighted by atomic mass is 35.5. The summed E-state index contributed by atoms with van der Waals surface area (Å²) in [7, 11) is 0. The molecule has 4 nitrogen and oxygen atoms in total. The van der Waals surface area contributed by atoms with Crippen LogP contribution in [0.1, 0.15) is 58.8 Å². The number of nitrogens with two attached hydrogens (primary N) is 1. The standard InChI is InChI=1S/C17H30N2O2.ClH/c1-16(2)14-13(9-8-12-21-14)17(16,18)15(20)19-10-6-4-3-5-7-11-19;/h13-14H,3-12,18H2,1-2H3;1H. The van der Waals surface area contributed by atoms with Crippen molar-refractivity contribution in [2.24, 2.45) is 17.1 Å². The van der Waals surface area contributed by atoms with E-state index in [9.17, 15) is 4.79 Å². The summed E-state index contributed by atoms with van der Waals surface area (Å²) >= 11 is 0. The average Bonchev–Trinajstić information content (AvgIpc) is 2.45. The maximum atomic E-state index is 13.2. The van der Waals surface area contributed by atoms with Crippen LogP contribution in [-0.4, -0.2) is 42.1 Å². The molecule has 0 bridgehead atoms. The van der Waals surface area contributed by atoms with Crippen molar-refractivity contribution in [3.8, 4) is 0 Å². The Morgan fingerprint density at radius 2 is 1.68 bits per heavy atom. The van der Waals surface area contributed by atoms with Crippen LogP contribution in [0.15, 0.2) is 0 Å². The normalized spacial score (nSPS) is 37.9. The number of nitrogens with zero attached hydrogens (tertiary/aromatic N) is 1. The first-order valence-corrected chi connectivity index (χ1v) is 8.69. The van der Waals surface area contributed by atoms with Crippen LogP contribution in [0.5, 0.6) is 0 Å². The highest BCUT2D eigenvalue weighted by Gasteiger charge is 2.70. The van der Waals surface area contributed by atoms with Gasteiger partial charge in [0.2, 0.25) is 5.91 Å². The zero-order chi connectivity index (χ0) is 15.1. The van der Waals surface area contributed by atoms with Crippen LogP contribution in [0, 0.1) is 11.3 Å². The Labute approximate surface area is 140 Å². The first kappa shape index (κ1) is 18.0. The first-order valence-electron chi connectivity index (χ1n) is 8.69. The monoisotopic (exact) mass is 330 g/mol. The van der Waals surface area contributed by atoms with Crippen LogP contribution in [0.3, 0.4) is 0 Å². The van der Waals surface area contributed by atoms with Crippen molar-refractivity contribution in [1.29, 1.82) is 0 Å². The minimum Gasteiger partial charge on any atom is -0.377 e. The molecule has 1 saturated carbocycles. The fourth-order valence-corrected chi connectivity index (χ4v) is 4.72. The molecule has 3 unspecified atom stereocenters. The quantitative estimate of drug-likeness (QED) is 0.804. The van der Waals surface area contributed by atoms with Crippen molar-refractivity contribution in [2.75, 3.05) is 19.7 Å². The Morgan fingerprint density at radius 1 is 1.09 bits per heavy atom. The molecular formula is C17H31ClN2O2. The molecule has 1 aliphatic carbocycles. The molecule has 22 heavy (non-hydrogen) atoms. The van der Waals surface area contributed by atoms with Crippen molar-refractivity contribution in [3.63, 3.8) is 0 Å². The number of amides is 1. The second-order valence-corrected chi connectivity index (χ2v) is 7.69. The van der Waals surface area contributed by atoms with Gasteiger partial charge >= 0.3 is 0 Å². The smallest absolute Gasteiger partial charge is 0.243 e. The number of halogens is 1. The Morgan fingerprint density at radius 3 is 2.32 bits per heavy atom. The summed E-state index contributed by atoms with van der Waals surface area (Å²) in [5.74, 6) is 0.389. The van der Waals surface area contributed by atoms with Gasteiger partial charge in [-0.1, -0.05) is 33.1 Å². The lowest BCUT2D eigenvalue weighted by Crippen LogP contribution is -2.82. The molecule has 2 aliphatic heterocycles. The molecule has 0 aromatic heterocycles. The summed E-state index contributed by atoms with van der Waals surface area (Å²) < 4.78 is 5.92. The van der Waals surface area contributed by atoms with Crippen molar-refractivity contribution >= 4 is 18.3 Å². The molecule has 3 rings (SSSR count). The highest BCUT2D eigenvalue weighted by Crippen LogP contribution is 2.58. The number of fused-ring (bicyclic) bond motifs is 1. The summed E-state index contributed by atoms with van der Waals surface area (Å²) in [6.45, 7) is 6.81. The van der Waals surface area contributed by atoms with Gasteiger partial charge in [-0.3, -0.25) is 4.79 Å². The Kier molecular flexibility index (Phi) is 5.46. The van der Waals surface area contributed by atoms with E-state index in [0.29, 0.717) is 0 Å². The van der Waals surface area contributed by atoms with Gasteiger partial charge in [-0.2, -0.15) is 0 Å². The van der Waals surface area contributed by atoms with E-state index in [4.69, 9.17) is 10.5 Å². The van der Waals surface area contributed by atoms with Crippen molar-refractivity contribution in [1.82, 2.24) is 4.90 Å². The van der Waals surface area contributed by atoms with Crippen molar-refractivity contribution < 1.29 is 9.53 Å². The van der Waals surface area contributed by atoms with E-state index in [1.54, 1.807) is 0 Å². The molecule has 0 radical (unpaired) electrons. The van der Waals surface area contributed by atoms with Crippen LogP contribution in [-0.2, 0) is 9.53 Å². The SMILES string of the molecule is CC1(C)C2OCCCC2C1(N)C(=O)N1CCCCCCC1.Cl. The van der Waals surface area contributed by atoms with E-state index in [0.717, 1.165) is 45.4 Å². The zero-order valence-corrected chi connectivity index (χ0v) is 14.8. The van der Waals surface area contributed by atoms with Crippen LogP contribution in [0.2, 0.25) is 0 Å². The van der Waals surface area contributed by atoms with Gasteiger partial charge < -0.3 is 15.4 Å². The maximum Gasteiger partial charge on any atom is 0.243 e. The molecule has 128 valence electrons. The number of hydrogen-bond acceptors (Lipinski definition) is 3. The molecule has 3 fully saturated rings. The number of likely N-dealkylation sites (tertiary alicyclic amines) is 1. The molecule has 2 saturated heterocycles. The van der Waals surface area contributed by atoms with Gasteiger partial charge in [-0.15, -0.1) is 12.4 Å². The molecule has 2 heterocycles. The number of carbonyl (C=O) groups is 1. The lowest BCUT2D eigenvalue weighted by atomic mass is 9.46. The van der Waals surface area contributed by atoms with E-state index in [2.05, 4.69) is 13.8 Å². The predicted octanol–water partition coefficient (Wildman–Crippen LogP) is 2.73. The second-order valence-electron chi connectivity index (χ2n) is 7.69. The Bertz CT molecular complexity index is 407. The molecule has 1 amide bonds.